The van der Waals surface area contributed by atoms with Gasteiger partial charge in [0, 0.05) is 38.5 Å². The molecule has 0 saturated carbocycles. The molecule has 5 nitrogen and oxygen atoms in total. The Hall–Kier alpha value is -7.21. The summed E-state index contributed by atoms with van der Waals surface area (Å²) in [5.74, 6) is 0.879. The molecule has 1 aliphatic heterocycles. The predicted octanol–water partition coefficient (Wildman–Crippen LogP) is 12.2. The van der Waals surface area contributed by atoms with E-state index in [9.17, 15) is 0 Å². The Morgan fingerprint density at radius 3 is 1.51 bits per heavy atom. The van der Waals surface area contributed by atoms with Crippen LogP contribution in [0.25, 0.3) is 66.1 Å². The van der Waals surface area contributed by atoms with Gasteiger partial charge in [-0.1, -0.05) is 140 Å². The van der Waals surface area contributed by atoms with Crippen LogP contribution in [0.4, 0.5) is 0 Å². The van der Waals surface area contributed by atoms with Crippen LogP contribution in [0.2, 0.25) is 0 Å². The van der Waals surface area contributed by atoms with Gasteiger partial charge in [-0.25, -0.2) is 4.99 Å². The molecular formula is C52H39N5. The van der Waals surface area contributed by atoms with Crippen molar-refractivity contribution in [3.8, 4) is 22.5 Å². The van der Waals surface area contributed by atoms with E-state index < -0.39 is 0 Å². The Balaban J connectivity index is 1.02. The van der Waals surface area contributed by atoms with Crippen LogP contribution >= 0.6 is 0 Å². The Bertz CT molecular complexity index is 3120. The number of hydrogen-bond donors (Lipinski definition) is 1. The van der Waals surface area contributed by atoms with Crippen molar-refractivity contribution < 1.29 is 0 Å². The van der Waals surface area contributed by atoms with Gasteiger partial charge in [-0.05, 0) is 90.0 Å². The first kappa shape index (κ1) is 33.2. The molecule has 0 amide bonds. The van der Waals surface area contributed by atoms with E-state index in [1.54, 1.807) is 0 Å². The fourth-order valence-corrected chi connectivity index (χ4v) is 8.90. The molecule has 0 aliphatic carbocycles. The molecule has 8 aromatic carbocycles. The number of amidine groups is 1. The number of aliphatic imine (C=N–C) groups is 1. The van der Waals surface area contributed by atoms with Gasteiger partial charge in [-0.15, -0.1) is 0 Å². The SMILES string of the molecule is CN1C(c2ccccc2)N=C(c2cccc(-n3c4ccccc4c4cc(-c5ccc6c(c5)c5ccccc5n6-c5ccccc5)ccc43)c2)NC1c1ccccc1. The van der Waals surface area contributed by atoms with E-state index in [1.807, 2.05) is 0 Å². The average molecular weight is 734 g/mol. The molecule has 3 heterocycles. The zero-order chi connectivity index (χ0) is 37.9. The van der Waals surface area contributed by atoms with Crippen LogP contribution in [0.3, 0.4) is 0 Å². The minimum atomic E-state index is -0.142. The highest BCUT2D eigenvalue weighted by Crippen LogP contribution is 2.39. The third-order valence-electron chi connectivity index (χ3n) is 11.6. The minimum Gasteiger partial charge on any atom is -0.350 e. The molecule has 2 atom stereocenters. The van der Waals surface area contributed by atoms with Gasteiger partial charge in [0.05, 0.1) is 22.1 Å². The summed E-state index contributed by atoms with van der Waals surface area (Å²) in [6.07, 6.45) is -0.189. The summed E-state index contributed by atoms with van der Waals surface area (Å²) in [5.41, 5.74) is 12.8. The zero-order valence-electron chi connectivity index (χ0n) is 31.5. The monoisotopic (exact) mass is 733 g/mol. The molecule has 1 N–H and O–H groups in total. The first-order chi connectivity index (χ1) is 28.2. The third-order valence-corrected chi connectivity index (χ3v) is 11.6. The van der Waals surface area contributed by atoms with Crippen molar-refractivity contribution >= 4 is 49.4 Å². The van der Waals surface area contributed by atoms with E-state index in [2.05, 4.69) is 227 Å². The second-order valence-corrected chi connectivity index (χ2v) is 14.9. The summed E-state index contributed by atoms with van der Waals surface area (Å²) in [6.45, 7) is 0. The van der Waals surface area contributed by atoms with Gasteiger partial charge in [0.25, 0.3) is 0 Å². The van der Waals surface area contributed by atoms with E-state index >= 15 is 0 Å². The summed E-state index contributed by atoms with van der Waals surface area (Å²) in [6, 6.07) is 72.0. The lowest BCUT2D eigenvalue weighted by molar-refractivity contribution is 0.152. The number of nitrogens with one attached hydrogen (secondary N) is 1. The van der Waals surface area contributed by atoms with Crippen molar-refractivity contribution in [3.63, 3.8) is 0 Å². The molecular weight excluding hydrogens is 695 g/mol. The van der Waals surface area contributed by atoms with E-state index in [1.165, 1.54) is 66.0 Å². The summed E-state index contributed by atoms with van der Waals surface area (Å²) in [5, 5.41) is 8.76. The van der Waals surface area contributed by atoms with Gasteiger partial charge in [-0.2, -0.15) is 0 Å². The minimum absolute atomic E-state index is 0.0478. The highest BCUT2D eigenvalue weighted by molar-refractivity contribution is 6.13. The van der Waals surface area contributed by atoms with Gasteiger partial charge in [0.2, 0.25) is 0 Å². The van der Waals surface area contributed by atoms with Gasteiger partial charge < -0.3 is 14.5 Å². The maximum absolute atomic E-state index is 5.35. The maximum Gasteiger partial charge on any atom is 0.132 e. The van der Waals surface area contributed by atoms with Crippen LogP contribution in [0.15, 0.2) is 205 Å². The summed E-state index contributed by atoms with van der Waals surface area (Å²) in [7, 11) is 2.15. The van der Waals surface area contributed by atoms with Crippen molar-refractivity contribution in [3.05, 3.63) is 217 Å². The maximum atomic E-state index is 5.35. The number of aromatic nitrogens is 2. The summed E-state index contributed by atoms with van der Waals surface area (Å²) in [4.78, 5) is 7.66. The van der Waals surface area contributed by atoms with Gasteiger partial charge >= 0.3 is 0 Å². The van der Waals surface area contributed by atoms with Gasteiger partial charge in [0.1, 0.15) is 18.2 Å². The second kappa shape index (κ2) is 13.5. The van der Waals surface area contributed by atoms with E-state index in [0.717, 1.165) is 22.6 Å². The first-order valence-electron chi connectivity index (χ1n) is 19.6. The Kier molecular flexibility index (Phi) is 7.86. The standard InChI is InChI=1S/C52H39N5/c1-55-51(35-16-5-2-6-17-35)53-50(54-52(55)36-18-7-3-8-19-36)39-20-15-23-41(32-39)57-47-27-14-12-25-43(47)45-34-38(29-31-49(45)57)37-28-30-48-44(33-37)42-24-11-13-26-46(42)56(48)40-21-9-4-10-22-40/h2-34,51-52H,1H3,(H,53,54). The number of benzene rings is 8. The lowest BCUT2D eigenvalue weighted by atomic mass is 10.0. The molecule has 1 aliphatic rings. The van der Waals surface area contributed by atoms with Crippen LogP contribution in [-0.2, 0) is 0 Å². The molecule has 0 radical (unpaired) electrons. The van der Waals surface area contributed by atoms with Crippen LogP contribution in [0.1, 0.15) is 29.0 Å². The number of nitrogens with zero attached hydrogens (tertiary/aromatic N) is 4. The molecule has 5 heteroatoms. The smallest absolute Gasteiger partial charge is 0.132 e. The zero-order valence-corrected chi connectivity index (χ0v) is 31.5. The molecule has 2 unspecified atom stereocenters. The van der Waals surface area contributed by atoms with Crippen molar-refractivity contribution in [2.45, 2.75) is 12.3 Å². The Morgan fingerprint density at radius 1 is 0.404 bits per heavy atom. The highest BCUT2D eigenvalue weighted by atomic mass is 15.4. The Labute approximate surface area is 331 Å². The topological polar surface area (TPSA) is 37.5 Å². The van der Waals surface area contributed by atoms with Crippen molar-refractivity contribution in [2.24, 2.45) is 4.99 Å². The first-order valence-corrected chi connectivity index (χ1v) is 19.6. The number of para-hydroxylation sites is 3. The van der Waals surface area contributed by atoms with E-state index in [4.69, 9.17) is 4.99 Å². The van der Waals surface area contributed by atoms with Crippen LogP contribution < -0.4 is 5.32 Å². The van der Waals surface area contributed by atoms with Crippen molar-refractivity contribution in [1.29, 1.82) is 0 Å². The molecule has 272 valence electrons. The summed E-state index contributed by atoms with van der Waals surface area (Å²) < 4.78 is 4.77. The number of fused-ring (bicyclic) bond motifs is 6. The fraction of sp³-hybridized carbons (Fsp3) is 0.0577. The van der Waals surface area contributed by atoms with Crippen molar-refractivity contribution in [2.75, 3.05) is 7.05 Å². The molecule has 10 aromatic rings. The molecule has 0 saturated heterocycles. The molecule has 2 aromatic heterocycles. The lowest BCUT2D eigenvalue weighted by Gasteiger charge is -2.39. The molecule has 57 heavy (non-hydrogen) atoms. The Morgan fingerprint density at radius 2 is 0.895 bits per heavy atom. The predicted molar refractivity (Wildman–Crippen MR) is 236 cm³/mol. The number of hydrogen-bond acceptors (Lipinski definition) is 3. The number of rotatable bonds is 6. The average Bonchev–Trinajstić information content (AvgIpc) is 3.79. The molecule has 0 spiro atoms. The third kappa shape index (κ3) is 5.55. The largest absolute Gasteiger partial charge is 0.350 e. The lowest BCUT2D eigenvalue weighted by Crippen LogP contribution is -2.45. The highest BCUT2D eigenvalue weighted by Gasteiger charge is 2.31. The van der Waals surface area contributed by atoms with Crippen LogP contribution in [0.5, 0.6) is 0 Å². The fourth-order valence-electron chi connectivity index (χ4n) is 8.90. The van der Waals surface area contributed by atoms with E-state index in [-0.39, 0.29) is 12.3 Å². The summed E-state index contributed by atoms with van der Waals surface area (Å²) >= 11 is 0. The van der Waals surface area contributed by atoms with Crippen LogP contribution in [-0.4, -0.2) is 26.9 Å². The van der Waals surface area contributed by atoms with Gasteiger partial charge in [0.15, 0.2) is 0 Å². The molecule has 0 bridgehead atoms. The molecule has 11 rings (SSSR count). The molecule has 0 fully saturated rings. The van der Waals surface area contributed by atoms with Crippen LogP contribution in [0, 0.1) is 0 Å². The van der Waals surface area contributed by atoms with Crippen molar-refractivity contribution in [1.82, 2.24) is 19.4 Å². The van der Waals surface area contributed by atoms with E-state index in [0.29, 0.717) is 0 Å². The quantitative estimate of drug-likeness (QED) is 0.185. The second-order valence-electron chi connectivity index (χ2n) is 14.9. The van der Waals surface area contributed by atoms with Gasteiger partial charge in [-0.3, -0.25) is 4.90 Å². The normalized spacial score (nSPS) is 16.0.